The van der Waals surface area contributed by atoms with E-state index in [0.717, 1.165) is 44.1 Å². The van der Waals surface area contributed by atoms with E-state index in [-0.39, 0.29) is 24.5 Å². The van der Waals surface area contributed by atoms with E-state index < -0.39 is 11.4 Å². The molecule has 1 fully saturated rings. The van der Waals surface area contributed by atoms with Crippen molar-refractivity contribution < 1.29 is 20.1 Å². The molecule has 0 radical (unpaired) electrons. The van der Waals surface area contributed by atoms with Gasteiger partial charge < -0.3 is 15.3 Å². The molecule has 4 atom stereocenters. The van der Waals surface area contributed by atoms with Crippen molar-refractivity contribution in [2.24, 2.45) is 22.7 Å². The fraction of sp³-hybridized carbons (Fsp3) is 0.750. The molecule has 3 N–H and O–H groups in total. The zero-order valence-electron chi connectivity index (χ0n) is 15.2. The van der Waals surface area contributed by atoms with Gasteiger partial charge in [-0.15, -0.1) is 0 Å². The molecular weight excluding hydrogens is 304 g/mol. The highest BCUT2D eigenvalue weighted by Crippen LogP contribution is 2.60. The number of allylic oxidation sites excluding steroid dienone is 2. The van der Waals surface area contributed by atoms with Crippen LogP contribution in [0.4, 0.5) is 0 Å². The largest absolute Gasteiger partial charge is 0.481 e. The van der Waals surface area contributed by atoms with E-state index in [4.69, 9.17) is 5.11 Å². The van der Waals surface area contributed by atoms with Crippen molar-refractivity contribution >= 4 is 5.97 Å². The number of aliphatic hydroxyl groups is 2. The van der Waals surface area contributed by atoms with Gasteiger partial charge in [0.15, 0.2) is 0 Å². The molecule has 136 valence electrons. The van der Waals surface area contributed by atoms with E-state index in [9.17, 15) is 15.0 Å². The van der Waals surface area contributed by atoms with Crippen LogP contribution in [0.5, 0.6) is 0 Å². The van der Waals surface area contributed by atoms with Gasteiger partial charge in [0.2, 0.25) is 0 Å². The van der Waals surface area contributed by atoms with E-state index in [1.165, 1.54) is 5.57 Å². The number of hydrogen-bond donors (Lipinski definition) is 3. The van der Waals surface area contributed by atoms with Crippen LogP contribution in [0.15, 0.2) is 23.3 Å². The first kappa shape index (κ1) is 19.2. The lowest BCUT2D eigenvalue weighted by molar-refractivity contribution is -0.162. The Hall–Kier alpha value is -1.13. The van der Waals surface area contributed by atoms with Crippen LogP contribution >= 0.6 is 0 Å². The van der Waals surface area contributed by atoms with Gasteiger partial charge in [0.25, 0.3) is 0 Å². The average molecular weight is 336 g/mol. The quantitative estimate of drug-likeness (QED) is 0.648. The van der Waals surface area contributed by atoms with E-state index in [2.05, 4.69) is 19.9 Å². The smallest absolute Gasteiger partial charge is 0.309 e. The lowest BCUT2D eigenvalue weighted by Gasteiger charge is -2.56. The number of carboxylic acid groups (broad SMARTS) is 1. The second kappa shape index (κ2) is 7.40. The summed E-state index contributed by atoms with van der Waals surface area (Å²) in [5.41, 5.74) is 1.56. The number of aliphatic carboxylic acids is 1. The van der Waals surface area contributed by atoms with Crippen molar-refractivity contribution in [1.29, 1.82) is 0 Å². The van der Waals surface area contributed by atoms with Crippen LogP contribution in [0.25, 0.3) is 0 Å². The summed E-state index contributed by atoms with van der Waals surface area (Å²) in [7, 11) is 0. The van der Waals surface area contributed by atoms with Gasteiger partial charge in [-0.1, -0.05) is 31.1 Å². The maximum atomic E-state index is 12.0. The van der Waals surface area contributed by atoms with Gasteiger partial charge in [-0.05, 0) is 68.8 Å². The number of fused-ring (bicyclic) bond motifs is 1. The number of aliphatic hydroxyl groups excluding tert-OH is 2. The molecule has 4 nitrogen and oxygen atoms in total. The molecule has 2 aliphatic rings. The first-order valence-electron chi connectivity index (χ1n) is 9.09. The maximum Gasteiger partial charge on any atom is 0.309 e. The van der Waals surface area contributed by atoms with Crippen molar-refractivity contribution in [3.63, 3.8) is 0 Å². The van der Waals surface area contributed by atoms with Crippen LogP contribution in [-0.2, 0) is 4.79 Å². The van der Waals surface area contributed by atoms with Gasteiger partial charge in [-0.3, -0.25) is 4.79 Å². The summed E-state index contributed by atoms with van der Waals surface area (Å²) in [6, 6.07) is 0. The average Bonchev–Trinajstić information content (AvgIpc) is 2.52. The van der Waals surface area contributed by atoms with E-state index >= 15 is 0 Å². The molecule has 2 aliphatic carbocycles. The van der Waals surface area contributed by atoms with Crippen LogP contribution in [0.1, 0.15) is 59.3 Å². The highest BCUT2D eigenvalue weighted by molar-refractivity contribution is 5.75. The minimum absolute atomic E-state index is 0.00992. The predicted octanol–water partition coefficient (Wildman–Crippen LogP) is 3.54. The minimum Gasteiger partial charge on any atom is -0.481 e. The summed E-state index contributed by atoms with van der Waals surface area (Å²) >= 11 is 0. The highest BCUT2D eigenvalue weighted by Gasteiger charge is 2.56. The molecule has 2 rings (SSSR count). The topological polar surface area (TPSA) is 77.8 Å². The van der Waals surface area contributed by atoms with Gasteiger partial charge in [0.1, 0.15) is 0 Å². The fourth-order valence-electron chi connectivity index (χ4n) is 5.34. The number of rotatable bonds is 6. The molecule has 4 unspecified atom stereocenters. The zero-order valence-corrected chi connectivity index (χ0v) is 15.2. The second-order valence-corrected chi connectivity index (χ2v) is 8.11. The molecule has 0 aliphatic heterocycles. The normalized spacial score (nSPS) is 36.9. The Morgan fingerprint density at radius 2 is 2.04 bits per heavy atom. The first-order chi connectivity index (χ1) is 11.3. The zero-order chi connectivity index (χ0) is 18.0. The maximum absolute atomic E-state index is 12.0. The molecule has 0 heterocycles. The molecule has 0 spiro atoms. The molecule has 4 heteroatoms. The molecule has 1 saturated carbocycles. The number of hydrogen-bond acceptors (Lipinski definition) is 3. The Bertz CT molecular complexity index is 536. The summed E-state index contributed by atoms with van der Waals surface area (Å²) < 4.78 is 0. The summed E-state index contributed by atoms with van der Waals surface area (Å²) in [6.45, 7) is 6.28. The number of carbonyl (C=O) groups is 1. The first-order valence-corrected chi connectivity index (χ1v) is 9.09. The third-order valence-electron chi connectivity index (χ3n) is 6.82. The third-order valence-corrected chi connectivity index (χ3v) is 6.82. The van der Waals surface area contributed by atoms with Gasteiger partial charge in [-0.2, -0.15) is 0 Å². The molecule has 0 aromatic rings. The summed E-state index contributed by atoms with van der Waals surface area (Å²) in [4.78, 5) is 12.0. The highest BCUT2D eigenvalue weighted by atomic mass is 16.4. The van der Waals surface area contributed by atoms with Crippen molar-refractivity contribution in [2.45, 2.75) is 59.3 Å². The van der Waals surface area contributed by atoms with E-state index in [1.807, 2.05) is 6.92 Å². The second-order valence-electron chi connectivity index (χ2n) is 8.11. The monoisotopic (exact) mass is 336 g/mol. The van der Waals surface area contributed by atoms with Gasteiger partial charge in [0, 0.05) is 0 Å². The third kappa shape index (κ3) is 3.31. The molecule has 0 amide bonds. The van der Waals surface area contributed by atoms with Gasteiger partial charge >= 0.3 is 5.97 Å². The van der Waals surface area contributed by atoms with Crippen LogP contribution < -0.4 is 0 Å². The molecule has 0 aromatic heterocycles. The van der Waals surface area contributed by atoms with Crippen LogP contribution in [0.3, 0.4) is 0 Å². The SMILES string of the molecule is CC1=CCC2C(C)(C(=O)O)CCCC2(C)C1CCC(=CCO)CO. The summed E-state index contributed by atoms with van der Waals surface area (Å²) in [5.74, 6) is -0.172. The van der Waals surface area contributed by atoms with Crippen molar-refractivity contribution in [3.05, 3.63) is 23.3 Å². The lowest BCUT2D eigenvalue weighted by Crippen LogP contribution is -2.52. The standard InChI is InChI=1S/C20H32O4/c1-14-5-8-17-19(2,10-4-11-20(17,3)18(23)24)16(14)7-6-15(13-22)9-12-21/h5,9,16-17,21-22H,4,6-8,10-13H2,1-3H3,(H,23,24). The molecular formula is C20H32O4. The molecule has 24 heavy (non-hydrogen) atoms. The summed E-state index contributed by atoms with van der Waals surface area (Å²) in [5, 5.41) is 28.3. The molecule has 0 saturated heterocycles. The van der Waals surface area contributed by atoms with Crippen LogP contribution in [-0.4, -0.2) is 34.5 Å². The Labute approximate surface area is 145 Å². The molecule has 0 bridgehead atoms. The van der Waals surface area contributed by atoms with Crippen molar-refractivity contribution in [1.82, 2.24) is 0 Å². The minimum atomic E-state index is -0.665. The van der Waals surface area contributed by atoms with E-state index in [0.29, 0.717) is 5.92 Å². The summed E-state index contributed by atoms with van der Waals surface area (Å²) in [6.07, 6.45) is 9.20. The molecule has 0 aromatic carbocycles. The Morgan fingerprint density at radius 1 is 1.33 bits per heavy atom. The lowest BCUT2D eigenvalue weighted by atomic mass is 9.47. The van der Waals surface area contributed by atoms with Crippen molar-refractivity contribution in [2.75, 3.05) is 13.2 Å². The van der Waals surface area contributed by atoms with E-state index in [1.54, 1.807) is 6.08 Å². The van der Waals surface area contributed by atoms with Crippen molar-refractivity contribution in [3.8, 4) is 0 Å². The number of carboxylic acids is 1. The van der Waals surface area contributed by atoms with Crippen LogP contribution in [0.2, 0.25) is 0 Å². The predicted molar refractivity (Wildman–Crippen MR) is 94.5 cm³/mol. The van der Waals surface area contributed by atoms with Gasteiger partial charge in [-0.25, -0.2) is 0 Å². The van der Waals surface area contributed by atoms with Crippen LogP contribution in [0, 0.1) is 22.7 Å². The fourth-order valence-corrected chi connectivity index (χ4v) is 5.34. The Balaban J connectivity index is 2.28. The Morgan fingerprint density at radius 3 is 2.62 bits per heavy atom. The van der Waals surface area contributed by atoms with Gasteiger partial charge in [0.05, 0.1) is 18.6 Å². The Kier molecular flexibility index (Phi) is 5.92.